The molecule has 0 aliphatic heterocycles. The monoisotopic (exact) mass is 247 g/mol. The molecule has 1 aliphatic carbocycles. The summed E-state index contributed by atoms with van der Waals surface area (Å²) < 4.78 is 6.07. The van der Waals surface area contributed by atoms with Crippen LogP contribution in [0.3, 0.4) is 0 Å². The Bertz CT molecular complexity index is 364. The number of benzene rings is 1. The maximum Gasteiger partial charge on any atom is 0.0810 e. The molecule has 2 atom stereocenters. The Morgan fingerprint density at radius 2 is 2.06 bits per heavy atom. The number of hydrogen-bond donors (Lipinski definition) is 1. The van der Waals surface area contributed by atoms with Crippen LogP contribution >= 0.6 is 0 Å². The second-order valence-corrected chi connectivity index (χ2v) is 5.10. The summed E-state index contributed by atoms with van der Waals surface area (Å²) in [6.45, 7) is 6.37. The molecule has 2 rings (SSSR count). The number of ether oxygens (including phenoxy) is 1. The van der Waals surface area contributed by atoms with Gasteiger partial charge in [-0.1, -0.05) is 44.5 Å². The van der Waals surface area contributed by atoms with E-state index in [1.807, 2.05) is 0 Å². The van der Waals surface area contributed by atoms with Crippen LogP contribution in [0.2, 0.25) is 0 Å². The highest BCUT2D eigenvalue weighted by Crippen LogP contribution is 2.33. The minimum absolute atomic E-state index is 0.320. The average molecular weight is 247 g/mol. The predicted molar refractivity (Wildman–Crippen MR) is 75.8 cm³/mol. The largest absolute Gasteiger partial charge is 0.376 e. The molecule has 0 saturated heterocycles. The Kier molecular flexibility index (Phi) is 5.21. The minimum atomic E-state index is 0.320. The highest BCUT2D eigenvalue weighted by Gasteiger charge is 2.32. The standard InChI is InChI=1S/C16H25NO/c1-3-5-11-18-15-12-13-8-6-7-9-14(13)16(15)17-10-4-2/h6-9,15-17H,3-5,10-12H2,1-2H3. The summed E-state index contributed by atoms with van der Waals surface area (Å²) in [4.78, 5) is 0. The van der Waals surface area contributed by atoms with Crippen LogP contribution in [0.1, 0.15) is 50.3 Å². The number of nitrogens with one attached hydrogen (secondary N) is 1. The van der Waals surface area contributed by atoms with Crippen molar-refractivity contribution in [1.29, 1.82) is 0 Å². The lowest BCUT2D eigenvalue weighted by atomic mass is 10.1. The van der Waals surface area contributed by atoms with Gasteiger partial charge < -0.3 is 10.1 Å². The lowest BCUT2D eigenvalue weighted by molar-refractivity contribution is 0.0331. The highest BCUT2D eigenvalue weighted by molar-refractivity contribution is 5.36. The first-order valence-electron chi connectivity index (χ1n) is 7.29. The van der Waals surface area contributed by atoms with Crippen LogP contribution < -0.4 is 5.32 Å². The minimum Gasteiger partial charge on any atom is -0.376 e. The van der Waals surface area contributed by atoms with Crippen molar-refractivity contribution in [3.8, 4) is 0 Å². The molecular formula is C16H25NO. The van der Waals surface area contributed by atoms with Crippen molar-refractivity contribution in [2.24, 2.45) is 0 Å². The number of hydrogen-bond acceptors (Lipinski definition) is 2. The van der Waals surface area contributed by atoms with E-state index < -0.39 is 0 Å². The molecule has 1 N–H and O–H groups in total. The lowest BCUT2D eigenvalue weighted by Gasteiger charge is -2.22. The molecule has 0 spiro atoms. The molecule has 2 unspecified atom stereocenters. The Balaban J connectivity index is 2.02. The van der Waals surface area contributed by atoms with Crippen LogP contribution in [0.4, 0.5) is 0 Å². The van der Waals surface area contributed by atoms with Crippen molar-refractivity contribution in [2.45, 2.75) is 51.7 Å². The fourth-order valence-electron chi connectivity index (χ4n) is 2.63. The van der Waals surface area contributed by atoms with Crippen molar-refractivity contribution >= 4 is 0 Å². The molecule has 0 aromatic heterocycles. The fourth-order valence-corrected chi connectivity index (χ4v) is 2.63. The topological polar surface area (TPSA) is 21.3 Å². The Hall–Kier alpha value is -0.860. The first-order chi connectivity index (χ1) is 8.86. The Morgan fingerprint density at radius 3 is 2.83 bits per heavy atom. The van der Waals surface area contributed by atoms with Gasteiger partial charge in [0.25, 0.3) is 0 Å². The van der Waals surface area contributed by atoms with Gasteiger partial charge in [-0.3, -0.25) is 0 Å². The smallest absolute Gasteiger partial charge is 0.0810 e. The van der Waals surface area contributed by atoms with Crippen LogP contribution in [-0.4, -0.2) is 19.3 Å². The van der Waals surface area contributed by atoms with Crippen molar-refractivity contribution in [2.75, 3.05) is 13.2 Å². The fraction of sp³-hybridized carbons (Fsp3) is 0.625. The van der Waals surface area contributed by atoms with Crippen LogP contribution in [0.5, 0.6) is 0 Å². The quantitative estimate of drug-likeness (QED) is 0.745. The molecule has 0 saturated carbocycles. The van der Waals surface area contributed by atoms with Gasteiger partial charge in [0.2, 0.25) is 0 Å². The zero-order valence-corrected chi connectivity index (χ0v) is 11.6. The molecular weight excluding hydrogens is 222 g/mol. The molecule has 0 radical (unpaired) electrons. The molecule has 0 fully saturated rings. The summed E-state index contributed by atoms with van der Waals surface area (Å²) in [5, 5.41) is 3.64. The summed E-state index contributed by atoms with van der Waals surface area (Å²) in [6, 6.07) is 9.13. The summed E-state index contributed by atoms with van der Waals surface area (Å²) in [5.41, 5.74) is 2.89. The van der Waals surface area contributed by atoms with Crippen molar-refractivity contribution < 1.29 is 4.74 Å². The summed E-state index contributed by atoms with van der Waals surface area (Å²) in [6.07, 6.45) is 4.90. The van der Waals surface area contributed by atoms with E-state index in [-0.39, 0.29) is 0 Å². The predicted octanol–water partition coefficient (Wildman–Crippen LogP) is 3.47. The van der Waals surface area contributed by atoms with Gasteiger partial charge in [0.1, 0.15) is 0 Å². The lowest BCUT2D eigenvalue weighted by Crippen LogP contribution is -2.31. The Labute approximate surface area is 111 Å². The average Bonchev–Trinajstić information content (AvgIpc) is 2.74. The molecule has 1 aliphatic rings. The SMILES string of the molecule is CCCCOC1Cc2ccccc2C1NCCC. The molecule has 1 aromatic carbocycles. The normalized spacial score (nSPS) is 22.1. The first kappa shape index (κ1) is 13.6. The second-order valence-electron chi connectivity index (χ2n) is 5.10. The molecule has 0 amide bonds. The van der Waals surface area contributed by atoms with E-state index in [0.717, 1.165) is 26.0 Å². The molecule has 2 heteroatoms. The van der Waals surface area contributed by atoms with Crippen molar-refractivity contribution in [1.82, 2.24) is 5.32 Å². The van der Waals surface area contributed by atoms with Crippen LogP contribution in [-0.2, 0) is 11.2 Å². The van der Waals surface area contributed by atoms with Gasteiger partial charge in [0.05, 0.1) is 12.1 Å². The summed E-state index contributed by atoms with van der Waals surface area (Å²) in [5.74, 6) is 0. The van der Waals surface area contributed by atoms with Crippen molar-refractivity contribution in [3.63, 3.8) is 0 Å². The van der Waals surface area contributed by atoms with Crippen LogP contribution in [0.25, 0.3) is 0 Å². The maximum absolute atomic E-state index is 6.07. The van der Waals surface area contributed by atoms with Crippen molar-refractivity contribution in [3.05, 3.63) is 35.4 Å². The molecule has 18 heavy (non-hydrogen) atoms. The third-order valence-electron chi connectivity index (χ3n) is 3.63. The first-order valence-corrected chi connectivity index (χ1v) is 7.29. The van der Waals surface area contributed by atoms with Gasteiger partial charge in [-0.05, 0) is 30.5 Å². The van der Waals surface area contributed by atoms with E-state index in [9.17, 15) is 0 Å². The molecule has 1 aromatic rings. The van der Waals surface area contributed by atoms with Gasteiger partial charge in [0, 0.05) is 13.0 Å². The summed E-state index contributed by atoms with van der Waals surface area (Å²) >= 11 is 0. The number of fused-ring (bicyclic) bond motifs is 1. The molecule has 0 heterocycles. The van der Waals surface area contributed by atoms with Gasteiger partial charge in [-0.25, -0.2) is 0 Å². The zero-order chi connectivity index (χ0) is 12.8. The van der Waals surface area contributed by atoms with E-state index in [0.29, 0.717) is 12.1 Å². The van der Waals surface area contributed by atoms with Gasteiger partial charge >= 0.3 is 0 Å². The van der Waals surface area contributed by atoms with Crippen LogP contribution in [0.15, 0.2) is 24.3 Å². The second kappa shape index (κ2) is 6.91. The van der Waals surface area contributed by atoms with E-state index in [2.05, 4.69) is 43.4 Å². The molecule has 100 valence electrons. The van der Waals surface area contributed by atoms with Gasteiger partial charge in [-0.15, -0.1) is 0 Å². The third-order valence-corrected chi connectivity index (χ3v) is 3.63. The van der Waals surface area contributed by atoms with Crippen LogP contribution in [0, 0.1) is 0 Å². The van der Waals surface area contributed by atoms with Gasteiger partial charge in [-0.2, -0.15) is 0 Å². The van der Waals surface area contributed by atoms with E-state index in [1.165, 1.54) is 24.0 Å². The van der Waals surface area contributed by atoms with E-state index in [1.54, 1.807) is 0 Å². The third kappa shape index (κ3) is 3.12. The zero-order valence-electron chi connectivity index (χ0n) is 11.6. The van der Waals surface area contributed by atoms with E-state index >= 15 is 0 Å². The highest BCUT2D eigenvalue weighted by atomic mass is 16.5. The molecule has 0 bridgehead atoms. The molecule has 2 nitrogen and oxygen atoms in total. The Morgan fingerprint density at radius 1 is 1.22 bits per heavy atom. The van der Waals surface area contributed by atoms with E-state index in [4.69, 9.17) is 4.74 Å². The number of unbranched alkanes of at least 4 members (excludes halogenated alkanes) is 1. The summed E-state index contributed by atoms with van der Waals surface area (Å²) in [7, 11) is 0. The van der Waals surface area contributed by atoms with Gasteiger partial charge in [0.15, 0.2) is 0 Å². The number of rotatable bonds is 7. The maximum atomic E-state index is 6.07.